The largest absolute Gasteiger partial charge is 0.491 e. The lowest BCUT2D eigenvalue weighted by Crippen LogP contribution is -2.33. The first kappa shape index (κ1) is 25.1. The van der Waals surface area contributed by atoms with Gasteiger partial charge in [-0.2, -0.15) is 0 Å². The number of hydrogen-bond donors (Lipinski definition) is 1. The monoisotopic (exact) mass is 463 g/mol. The van der Waals surface area contributed by atoms with E-state index < -0.39 is 14.9 Å². The zero-order valence-corrected chi connectivity index (χ0v) is 19.6. The number of amides is 1. The van der Waals surface area contributed by atoms with Crippen LogP contribution in [0.2, 0.25) is 0 Å². The van der Waals surface area contributed by atoms with Crippen LogP contribution in [0.1, 0.15) is 29.5 Å². The number of nitrogens with zero attached hydrogens (tertiary/aromatic N) is 2. The average molecular weight is 464 g/mol. The number of sulfonamides is 1. The standard InChI is InChI=1S/C22H29N3O6S/c1-16-7-8-18(3)21(14-16)31-13-11-23-22(26)6-5-12-24(32(4,29)30)20-15-19(25(27)28)10-9-17(20)2/h7-10,14-15H,5-6,11-13H2,1-4H3,(H,23,26). The Morgan fingerprint density at radius 1 is 1.12 bits per heavy atom. The molecule has 0 fully saturated rings. The number of non-ortho nitro benzene ring substituents is 1. The third-order valence-electron chi connectivity index (χ3n) is 4.86. The zero-order valence-electron chi connectivity index (χ0n) is 18.8. The van der Waals surface area contributed by atoms with Gasteiger partial charge in [0, 0.05) is 25.1 Å². The smallest absolute Gasteiger partial charge is 0.271 e. The van der Waals surface area contributed by atoms with E-state index in [0.717, 1.165) is 27.4 Å². The van der Waals surface area contributed by atoms with Crippen LogP contribution in [-0.2, 0) is 14.8 Å². The molecular formula is C22H29N3O6S. The lowest BCUT2D eigenvalue weighted by atomic mass is 10.1. The molecular weight excluding hydrogens is 434 g/mol. The highest BCUT2D eigenvalue weighted by Gasteiger charge is 2.22. The maximum atomic E-state index is 12.3. The molecule has 0 saturated carbocycles. The summed E-state index contributed by atoms with van der Waals surface area (Å²) in [6, 6.07) is 9.98. The quantitative estimate of drug-likeness (QED) is 0.310. The molecule has 0 saturated heterocycles. The van der Waals surface area contributed by atoms with Crippen molar-refractivity contribution in [2.45, 2.75) is 33.6 Å². The number of anilines is 1. The van der Waals surface area contributed by atoms with Gasteiger partial charge in [0.1, 0.15) is 12.4 Å². The minimum absolute atomic E-state index is 0.0350. The summed E-state index contributed by atoms with van der Waals surface area (Å²) in [6.07, 6.45) is 1.41. The Hall–Kier alpha value is -3.14. The molecule has 2 rings (SSSR count). The second kappa shape index (κ2) is 10.9. The third-order valence-corrected chi connectivity index (χ3v) is 6.04. The lowest BCUT2D eigenvalue weighted by molar-refractivity contribution is -0.384. The summed E-state index contributed by atoms with van der Waals surface area (Å²) in [6.45, 7) is 6.28. The molecule has 2 aromatic rings. The van der Waals surface area contributed by atoms with E-state index in [1.54, 1.807) is 6.92 Å². The molecule has 9 nitrogen and oxygen atoms in total. The fourth-order valence-electron chi connectivity index (χ4n) is 3.13. The lowest BCUT2D eigenvalue weighted by Gasteiger charge is -2.24. The zero-order chi connectivity index (χ0) is 23.9. The number of ether oxygens (including phenoxy) is 1. The van der Waals surface area contributed by atoms with Gasteiger partial charge in [-0.15, -0.1) is 0 Å². The van der Waals surface area contributed by atoms with Gasteiger partial charge in [-0.3, -0.25) is 19.2 Å². The van der Waals surface area contributed by atoms with Crippen LogP contribution in [0.15, 0.2) is 36.4 Å². The van der Waals surface area contributed by atoms with Crippen molar-refractivity contribution < 1.29 is 22.9 Å². The summed E-state index contributed by atoms with van der Waals surface area (Å²) in [7, 11) is -3.68. The topological polar surface area (TPSA) is 119 Å². The Balaban J connectivity index is 1.88. The van der Waals surface area contributed by atoms with Crippen LogP contribution in [0.4, 0.5) is 11.4 Å². The average Bonchev–Trinajstić information content (AvgIpc) is 2.70. The Morgan fingerprint density at radius 3 is 2.47 bits per heavy atom. The molecule has 0 aliphatic rings. The van der Waals surface area contributed by atoms with Crippen molar-refractivity contribution in [1.82, 2.24) is 5.32 Å². The minimum Gasteiger partial charge on any atom is -0.491 e. The number of nitro benzene ring substituents is 1. The van der Waals surface area contributed by atoms with Gasteiger partial charge in [-0.25, -0.2) is 8.42 Å². The van der Waals surface area contributed by atoms with E-state index in [9.17, 15) is 23.3 Å². The van der Waals surface area contributed by atoms with E-state index in [4.69, 9.17) is 4.74 Å². The maximum absolute atomic E-state index is 12.3. The molecule has 0 bridgehead atoms. The number of nitrogens with one attached hydrogen (secondary N) is 1. The van der Waals surface area contributed by atoms with Crippen LogP contribution in [0.5, 0.6) is 5.75 Å². The predicted molar refractivity (Wildman–Crippen MR) is 124 cm³/mol. The van der Waals surface area contributed by atoms with Crippen molar-refractivity contribution >= 4 is 27.3 Å². The van der Waals surface area contributed by atoms with Crippen molar-refractivity contribution in [1.29, 1.82) is 0 Å². The Kier molecular flexibility index (Phi) is 8.59. The Bertz CT molecular complexity index is 1090. The first-order valence-corrected chi connectivity index (χ1v) is 12.0. The van der Waals surface area contributed by atoms with Crippen molar-refractivity contribution in [3.05, 3.63) is 63.2 Å². The number of nitro groups is 1. The van der Waals surface area contributed by atoms with Crippen molar-refractivity contribution in [2.75, 3.05) is 30.3 Å². The van der Waals surface area contributed by atoms with Crippen LogP contribution in [0.3, 0.4) is 0 Å². The fourth-order valence-corrected chi connectivity index (χ4v) is 4.15. The molecule has 0 heterocycles. The van der Waals surface area contributed by atoms with E-state index in [2.05, 4.69) is 5.32 Å². The van der Waals surface area contributed by atoms with Gasteiger partial charge in [0.05, 0.1) is 23.4 Å². The van der Waals surface area contributed by atoms with Gasteiger partial charge in [0.2, 0.25) is 15.9 Å². The molecule has 0 radical (unpaired) electrons. The summed E-state index contributed by atoms with van der Waals surface area (Å²) in [5.41, 5.74) is 2.74. The second-order valence-corrected chi connectivity index (χ2v) is 9.54. The van der Waals surface area contributed by atoms with Crippen LogP contribution >= 0.6 is 0 Å². The summed E-state index contributed by atoms with van der Waals surface area (Å²) < 4.78 is 31.4. The van der Waals surface area contributed by atoms with Crippen LogP contribution < -0.4 is 14.4 Å². The first-order valence-electron chi connectivity index (χ1n) is 10.2. The van der Waals surface area contributed by atoms with E-state index >= 15 is 0 Å². The summed E-state index contributed by atoms with van der Waals surface area (Å²) in [5.74, 6) is 0.550. The molecule has 1 amide bonds. The van der Waals surface area contributed by atoms with Gasteiger partial charge in [-0.1, -0.05) is 18.2 Å². The summed E-state index contributed by atoms with van der Waals surface area (Å²) >= 11 is 0. The fraction of sp³-hybridized carbons (Fsp3) is 0.409. The number of carbonyl (C=O) groups is 1. The molecule has 0 aliphatic heterocycles. The first-order chi connectivity index (χ1) is 15.0. The number of carbonyl (C=O) groups excluding carboxylic acids is 1. The summed E-state index contributed by atoms with van der Waals surface area (Å²) in [4.78, 5) is 22.6. The van der Waals surface area contributed by atoms with Gasteiger partial charge in [-0.05, 0) is 49.9 Å². The molecule has 0 aromatic heterocycles. The van der Waals surface area contributed by atoms with Crippen LogP contribution in [0, 0.1) is 30.9 Å². The molecule has 32 heavy (non-hydrogen) atoms. The third kappa shape index (κ3) is 7.23. The van der Waals surface area contributed by atoms with Crippen molar-refractivity contribution in [2.24, 2.45) is 0 Å². The van der Waals surface area contributed by atoms with Gasteiger partial charge >= 0.3 is 0 Å². The van der Waals surface area contributed by atoms with E-state index in [0.29, 0.717) is 18.7 Å². The molecule has 2 aromatic carbocycles. The normalized spacial score (nSPS) is 11.1. The summed E-state index contributed by atoms with van der Waals surface area (Å²) in [5, 5.41) is 13.8. The maximum Gasteiger partial charge on any atom is 0.271 e. The molecule has 1 N–H and O–H groups in total. The molecule has 0 spiro atoms. The number of benzene rings is 2. The van der Waals surface area contributed by atoms with E-state index in [1.165, 1.54) is 18.2 Å². The molecule has 10 heteroatoms. The van der Waals surface area contributed by atoms with Crippen molar-refractivity contribution in [3.8, 4) is 5.75 Å². The molecule has 174 valence electrons. The highest BCUT2D eigenvalue weighted by atomic mass is 32.2. The van der Waals surface area contributed by atoms with E-state index in [-0.39, 0.29) is 36.7 Å². The van der Waals surface area contributed by atoms with E-state index in [1.807, 2.05) is 32.0 Å². The molecule has 0 aliphatic carbocycles. The minimum atomic E-state index is -3.68. The Morgan fingerprint density at radius 2 is 1.81 bits per heavy atom. The van der Waals surface area contributed by atoms with Gasteiger partial charge in [0.15, 0.2) is 0 Å². The predicted octanol–water partition coefficient (Wildman–Crippen LogP) is 3.26. The highest BCUT2D eigenvalue weighted by molar-refractivity contribution is 7.92. The van der Waals surface area contributed by atoms with Crippen LogP contribution in [-0.4, -0.2) is 45.2 Å². The number of rotatable bonds is 11. The molecule has 0 unspecified atom stereocenters. The van der Waals surface area contributed by atoms with Crippen LogP contribution in [0.25, 0.3) is 0 Å². The highest BCUT2D eigenvalue weighted by Crippen LogP contribution is 2.27. The SMILES string of the molecule is Cc1ccc(C)c(OCCNC(=O)CCCN(c2cc([N+](=O)[O-])ccc2C)S(C)(=O)=O)c1. The van der Waals surface area contributed by atoms with Crippen molar-refractivity contribution in [3.63, 3.8) is 0 Å². The van der Waals surface area contributed by atoms with Gasteiger partial charge < -0.3 is 10.1 Å². The second-order valence-electron chi connectivity index (χ2n) is 7.63. The molecule has 0 atom stereocenters. The van der Waals surface area contributed by atoms with Gasteiger partial charge in [0.25, 0.3) is 5.69 Å². The number of aryl methyl sites for hydroxylation is 3. The Labute approximate surface area is 188 Å². The number of hydrogen-bond acceptors (Lipinski definition) is 6.